The SMILES string of the molecule is Cc1cccc(C)c1CC(O)CNC1CC1. The van der Waals surface area contributed by atoms with Crippen LogP contribution in [0.5, 0.6) is 0 Å². The predicted octanol–water partition coefficient (Wildman–Crippen LogP) is 1.96. The smallest absolute Gasteiger partial charge is 0.0705 e. The van der Waals surface area contributed by atoms with Gasteiger partial charge in [0.05, 0.1) is 6.10 Å². The average molecular weight is 219 g/mol. The number of hydrogen-bond donors (Lipinski definition) is 2. The van der Waals surface area contributed by atoms with Gasteiger partial charge >= 0.3 is 0 Å². The van der Waals surface area contributed by atoms with Crippen LogP contribution in [0.4, 0.5) is 0 Å². The quantitative estimate of drug-likeness (QED) is 0.793. The zero-order valence-corrected chi connectivity index (χ0v) is 10.2. The maximum atomic E-state index is 9.97. The monoisotopic (exact) mass is 219 g/mol. The first-order valence-corrected chi connectivity index (χ1v) is 6.13. The lowest BCUT2D eigenvalue weighted by atomic mass is 9.97. The topological polar surface area (TPSA) is 32.3 Å². The van der Waals surface area contributed by atoms with Crippen molar-refractivity contribution in [1.29, 1.82) is 0 Å². The molecule has 2 rings (SSSR count). The predicted molar refractivity (Wildman–Crippen MR) is 66.7 cm³/mol. The van der Waals surface area contributed by atoms with Crippen LogP contribution in [0.1, 0.15) is 29.5 Å². The third kappa shape index (κ3) is 3.06. The minimum Gasteiger partial charge on any atom is -0.391 e. The van der Waals surface area contributed by atoms with Crippen LogP contribution < -0.4 is 5.32 Å². The van der Waals surface area contributed by atoms with Gasteiger partial charge in [0.25, 0.3) is 0 Å². The summed E-state index contributed by atoms with van der Waals surface area (Å²) < 4.78 is 0. The first-order valence-electron chi connectivity index (χ1n) is 6.13. The summed E-state index contributed by atoms with van der Waals surface area (Å²) in [5, 5.41) is 13.3. The van der Waals surface area contributed by atoms with Crippen LogP contribution >= 0.6 is 0 Å². The van der Waals surface area contributed by atoms with Crippen molar-refractivity contribution in [1.82, 2.24) is 5.32 Å². The fraction of sp³-hybridized carbons (Fsp3) is 0.571. The van der Waals surface area contributed by atoms with Gasteiger partial charge in [0, 0.05) is 19.0 Å². The second-order valence-electron chi connectivity index (χ2n) is 4.91. The van der Waals surface area contributed by atoms with Crippen LogP contribution in [0.15, 0.2) is 18.2 Å². The molecule has 0 bridgehead atoms. The van der Waals surface area contributed by atoms with Crippen molar-refractivity contribution in [2.75, 3.05) is 6.54 Å². The van der Waals surface area contributed by atoms with Crippen LogP contribution in [-0.4, -0.2) is 23.8 Å². The van der Waals surface area contributed by atoms with Gasteiger partial charge in [0.15, 0.2) is 0 Å². The van der Waals surface area contributed by atoms with E-state index in [1.165, 1.54) is 29.5 Å². The zero-order chi connectivity index (χ0) is 11.5. The van der Waals surface area contributed by atoms with Crippen LogP contribution in [0.3, 0.4) is 0 Å². The minimum absolute atomic E-state index is 0.264. The van der Waals surface area contributed by atoms with Crippen LogP contribution in [0, 0.1) is 13.8 Å². The van der Waals surface area contributed by atoms with E-state index in [0.29, 0.717) is 6.04 Å². The molecule has 1 atom stereocenters. The summed E-state index contributed by atoms with van der Waals surface area (Å²) in [4.78, 5) is 0. The molecule has 2 heteroatoms. The van der Waals surface area contributed by atoms with Gasteiger partial charge in [0.1, 0.15) is 0 Å². The fourth-order valence-electron chi connectivity index (χ4n) is 2.07. The van der Waals surface area contributed by atoms with E-state index in [4.69, 9.17) is 0 Å². The summed E-state index contributed by atoms with van der Waals surface area (Å²) in [5.41, 5.74) is 3.86. The van der Waals surface area contributed by atoms with Crippen molar-refractivity contribution in [2.24, 2.45) is 0 Å². The van der Waals surface area contributed by atoms with Gasteiger partial charge in [-0.25, -0.2) is 0 Å². The molecule has 0 radical (unpaired) electrons. The number of aliphatic hydroxyl groups excluding tert-OH is 1. The Morgan fingerprint density at radius 2 is 1.94 bits per heavy atom. The van der Waals surface area contributed by atoms with Crippen molar-refractivity contribution >= 4 is 0 Å². The van der Waals surface area contributed by atoms with Gasteiger partial charge in [0.2, 0.25) is 0 Å². The van der Waals surface area contributed by atoms with Gasteiger partial charge in [-0.1, -0.05) is 18.2 Å². The Morgan fingerprint density at radius 1 is 1.31 bits per heavy atom. The molecular formula is C14H21NO. The summed E-state index contributed by atoms with van der Waals surface area (Å²) in [6.07, 6.45) is 3.05. The highest BCUT2D eigenvalue weighted by Crippen LogP contribution is 2.19. The summed E-state index contributed by atoms with van der Waals surface area (Å²) in [6, 6.07) is 6.98. The summed E-state index contributed by atoms with van der Waals surface area (Å²) in [6.45, 7) is 4.95. The molecular weight excluding hydrogens is 198 g/mol. The first-order chi connectivity index (χ1) is 7.66. The van der Waals surface area contributed by atoms with Crippen molar-refractivity contribution < 1.29 is 5.11 Å². The van der Waals surface area contributed by atoms with Gasteiger partial charge in [-0.15, -0.1) is 0 Å². The molecule has 0 aromatic heterocycles. The van der Waals surface area contributed by atoms with Gasteiger partial charge in [-0.3, -0.25) is 0 Å². The molecule has 1 aliphatic rings. The molecule has 1 saturated carbocycles. The lowest BCUT2D eigenvalue weighted by Crippen LogP contribution is -2.30. The van der Waals surface area contributed by atoms with Crippen molar-refractivity contribution in [3.8, 4) is 0 Å². The number of aliphatic hydroxyl groups is 1. The number of hydrogen-bond acceptors (Lipinski definition) is 2. The van der Waals surface area contributed by atoms with E-state index in [1.54, 1.807) is 0 Å². The van der Waals surface area contributed by atoms with Crippen LogP contribution in [-0.2, 0) is 6.42 Å². The Hall–Kier alpha value is -0.860. The van der Waals surface area contributed by atoms with Gasteiger partial charge in [-0.2, -0.15) is 0 Å². The molecule has 88 valence electrons. The Labute approximate surface area is 97.7 Å². The van der Waals surface area contributed by atoms with E-state index in [-0.39, 0.29) is 6.10 Å². The van der Waals surface area contributed by atoms with Crippen molar-refractivity contribution in [3.63, 3.8) is 0 Å². The zero-order valence-electron chi connectivity index (χ0n) is 10.2. The van der Waals surface area contributed by atoms with Crippen molar-refractivity contribution in [2.45, 2.75) is 45.3 Å². The normalized spacial score (nSPS) is 17.4. The molecule has 0 heterocycles. The second-order valence-corrected chi connectivity index (χ2v) is 4.91. The summed E-state index contributed by atoms with van der Waals surface area (Å²) in [5.74, 6) is 0. The summed E-state index contributed by atoms with van der Waals surface area (Å²) >= 11 is 0. The van der Waals surface area contributed by atoms with Gasteiger partial charge in [-0.05, 0) is 43.4 Å². The highest BCUT2D eigenvalue weighted by atomic mass is 16.3. The second kappa shape index (κ2) is 4.98. The largest absolute Gasteiger partial charge is 0.391 e. The highest BCUT2D eigenvalue weighted by molar-refractivity contribution is 5.33. The molecule has 2 N–H and O–H groups in total. The summed E-state index contributed by atoms with van der Waals surface area (Å²) in [7, 11) is 0. The standard InChI is InChI=1S/C14H21NO/c1-10-4-3-5-11(2)14(10)8-13(16)9-15-12-6-7-12/h3-5,12-13,15-16H,6-9H2,1-2H3. The number of nitrogens with one attached hydrogen (secondary N) is 1. The maximum absolute atomic E-state index is 9.97. The Kier molecular flexibility index (Phi) is 3.62. The van der Waals surface area contributed by atoms with Crippen LogP contribution in [0.25, 0.3) is 0 Å². The molecule has 0 amide bonds. The molecule has 2 nitrogen and oxygen atoms in total. The lowest BCUT2D eigenvalue weighted by Gasteiger charge is -2.15. The molecule has 1 aromatic rings. The molecule has 1 aromatic carbocycles. The average Bonchev–Trinajstić information content (AvgIpc) is 3.04. The van der Waals surface area contributed by atoms with E-state index in [2.05, 4.69) is 37.4 Å². The van der Waals surface area contributed by atoms with E-state index < -0.39 is 0 Å². The highest BCUT2D eigenvalue weighted by Gasteiger charge is 2.21. The van der Waals surface area contributed by atoms with Gasteiger partial charge < -0.3 is 10.4 Å². The fourth-order valence-corrected chi connectivity index (χ4v) is 2.07. The number of aryl methyl sites for hydroxylation is 2. The molecule has 1 aliphatic carbocycles. The van der Waals surface area contributed by atoms with Crippen LogP contribution in [0.2, 0.25) is 0 Å². The Bertz CT molecular complexity index is 338. The van der Waals surface area contributed by atoms with Crippen molar-refractivity contribution in [3.05, 3.63) is 34.9 Å². The molecule has 1 fully saturated rings. The maximum Gasteiger partial charge on any atom is 0.0705 e. The molecule has 0 spiro atoms. The van der Waals surface area contributed by atoms with E-state index in [1.807, 2.05) is 0 Å². The lowest BCUT2D eigenvalue weighted by molar-refractivity contribution is 0.171. The molecule has 1 unspecified atom stereocenters. The third-order valence-corrected chi connectivity index (χ3v) is 3.30. The van der Waals surface area contributed by atoms with E-state index in [9.17, 15) is 5.11 Å². The minimum atomic E-state index is -0.264. The molecule has 0 saturated heterocycles. The molecule has 0 aliphatic heterocycles. The molecule has 16 heavy (non-hydrogen) atoms. The Morgan fingerprint density at radius 3 is 2.50 bits per heavy atom. The van der Waals surface area contributed by atoms with E-state index >= 15 is 0 Å². The number of rotatable bonds is 5. The third-order valence-electron chi connectivity index (χ3n) is 3.30. The number of benzene rings is 1. The van der Waals surface area contributed by atoms with E-state index in [0.717, 1.165) is 13.0 Å². The first kappa shape index (κ1) is 11.6. The Balaban J connectivity index is 1.91.